The number of aliphatic carboxylic acids is 2. The molecule has 1 heterocycles. The quantitative estimate of drug-likeness (QED) is 0.779. The highest BCUT2D eigenvalue weighted by atomic mass is 16.4. The lowest BCUT2D eigenvalue weighted by atomic mass is 9.96. The van der Waals surface area contributed by atoms with Gasteiger partial charge in [-0.15, -0.1) is 0 Å². The highest BCUT2D eigenvalue weighted by Gasteiger charge is 2.42. The molecule has 0 aliphatic carbocycles. The van der Waals surface area contributed by atoms with Crippen LogP contribution in [0.2, 0.25) is 0 Å². The number of hydrogen-bond donors (Lipinski definition) is 2. The van der Waals surface area contributed by atoms with E-state index >= 15 is 0 Å². The van der Waals surface area contributed by atoms with E-state index in [0.29, 0.717) is 24.2 Å². The number of carboxylic acid groups (broad SMARTS) is 2. The van der Waals surface area contributed by atoms with Crippen LogP contribution in [0.1, 0.15) is 30.6 Å². The van der Waals surface area contributed by atoms with Crippen LogP contribution in [0.15, 0.2) is 24.3 Å². The van der Waals surface area contributed by atoms with Crippen molar-refractivity contribution in [1.82, 2.24) is 0 Å². The van der Waals surface area contributed by atoms with Crippen molar-refractivity contribution in [2.45, 2.75) is 26.3 Å². The van der Waals surface area contributed by atoms with Crippen molar-refractivity contribution in [1.29, 1.82) is 0 Å². The Bertz CT molecular complexity index is 612. The molecule has 0 bridgehead atoms. The van der Waals surface area contributed by atoms with Crippen molar-refractivity contribution >= 4 is 23.4 Å². The van der Waals surface area contributed by atoms with Gasteiger partial charge in [0.2, 0.25) is 0 Å². The van der Waals surface area contributed by atoms with Crippen LogP contribution in [0, 0.1) is 11.8 Å². The van der Waals surface area contributed by atoms with Gasteiger partial charge in [0, 0.05) is 17.8 Å². The summed E-state index contributed by atoms with van der Waals surface area (Å²) in [5.74, 6) is -3.03. The molecule has 0 amide bonds. The molecule has 2 rings (SSSR count). The van der Waals surface area contributed by atoms with Gasteiger partial charge in [0.1, 0.15) is 0 Å². The SMILES string of the molecule is C[C@H](C[C@H](C)C(=O)O)CN1c2ccccc2C(=O)[C@H]1C(=O)O. The van der Waals surface area contributed by atoms with Crippen LogP contribution in [-0.4, -0.2) is 40.5 Å². The Kier molecular flexibility index (Phi) is 4.49. The highest BCUT2D eigenvalue weighted by molar-refractivity contribution is 6.20. The van der Waals surface area contributed by atoms with Crippen molar-refractivity contribution in [2.75, 3.05) is 11.4 Å². The first-order valence-electron chi connectivity index (χ1n) is 7.18. The fraction of sp³-hybridized carbons (Fsp3) is 0.438. The number of fused-ring (bicyclic) bond motifs is 1. The summed E-state index contributed by atoms with van der Waals surface area (Å²) in [6.07, 6.45) is 0.425. The minimum Gasteiger partial charge on any atom is -0.481 e. The summed E-state index contributed by atoms with van der Waals surface area (Å²) in [4.78, 5) is 36.2. The molecule has 0 unspecified atom stereocenters. The topological polar surface area (TPSA) is 94.9 Å². The highest BCUT2D eigenvalue weighted by Crippen LogP contribution is 2.33. The number of hydrogen-bond acceptors (Lipinski definition) is 4. The normalized spacial score (nSPS) is 19.6. The zero-order chi connectivity index (χ0) is 16.4. The number of nitrogens with zero attached hydrogens (tertiary/aromatic N) is 1. The van der Waals surface area contributed by atoms with Crippen molar-refractivity contribution in [2.24, 2.45) is 11.8 Å². The van der Waals surface area contributed by atoms with Crippen molar-refractivity contribution < 1.29 is 24.6 Å². The average Bonchev–Trinajstić information content (AvgIpc) is 2.72. The molecule has 6 heteroatoms. The van der Waals surface area contributed by atoms with E-state index in [-0.39, 0.29) is 5.92 Å². The number of rotatable bonds is 6. The van der Waals surface area contributed by atoms with Crippen LogP contribution in [-0.2, 0) is 9.59 Å². The van der Waals surface area contributed by atoms with Gasteiger partial charge in [-0.25, -0.2) is 4.79 Å². The van der Waals surface area contributed by atoms with E-state index in [1.54, 1.807) is 36.1 Å². The Balaban J connectivity index is 2.22. The van der Waals surface area contributed by atoms with Gasteiger partial charge in [-0.3, -0.25) is 9.59 Å². The summed E-state index contributed by atoms with van der Waals surface area (Å²) in [5, 5.41) is 18.3. The minimum absolute atomic E-state index is 0.0492. The lowest BCUT2D eigenvalue weighted by molar-refractivity contribution is -0.142. The molecule has 0 fully saturated rings. The fourth-order valence-electron chi connectivity index (χ4n) is 2.92. The van der Waals surface area contributed by atoms with Gasteiger partial charge in [-0.05, 0) is 24.5 Å². The van der Waals surface area contributed by atoms with Gasteiger partial charge in [-0.2, -0.15) is 0 Å². The van der Waals surface area contributed by atoms with E-state index in [2.05, 4.69) is 0 Å². The van der Waals surface area contributed by atoms with Crippen LogP contribution >= 0.6 is 0 Å². The summed E-state index contributed by atoms with van der Waals surface area (Å²) in [6.45, 7) is 3.82. The molecule has 1 aliphatic rings. The lowest BCUT2D eigenvalue weighted by Gasteiger charge is -2.27. The first kappa shape index (κ1) is 16.0. The molecule has 2 N–H and O–H groups in total. The maximum absolute atomic E-state index is 12.2. The zero-order valence-corrected chi connectivity index (χ0v) is 12.5. The second-order valence-electron chi connectivity index (χ2n) is 5.85. The van der Waals surface area contributed by atoms with E-state index in [1.807, 2.05) is 6.92 Å². The molecule has 6 nitrogen and oxygen atoms in total. The Hall–Kier alpha value is -2.37. The predicted molar refractivity (Wildman–Crippen MR) is 80.1 cm³/mol. The van der Waals surface area contributed by atoms with Gasteiger partial charge >= 0.3 is 11.9 Å². The molecule has 0 saturated heterocycles. The number of carbonyl (C=O) groups is 3. The molecule has 3 atom stereocenters. The summed E-state index contributed by atoms with van der Waals surface area (Å²) >= 11 is 0. The van der Waals surface area contributed by atoms with Gasteiger partial charge in [0.15, 0.2) is 11.8 Å². The Morgan fingerprint density at radius 1 is 1.23 bits per heavy atom. The Morgan fingerprint density at radius 3 is 2.45 bits per heavy atom. The zero-order valence-electron chi connectivity index (χ0n) is 12.5. The third-order valence-electron chi connectivity index (χ3n) is 3.96. The summed E-state index contributed by atoms with van der Waals surface area (Å²) < 4.78 is 0. The maximum atomic E-state index is 12.2. The standard InChI is InChI=1S/C16H19NO5/c1-9(7-10(2)15(19)20)8-17-12-6-4-3-5-11(12)14(18)13(17)16(21)22/h3-6,9-10,13H,7-8H2,1-2H3,(H,19,20)(H,21,22)/t9-,10+,13+/m1/s1. The van der Waals surface area contributed by atoms with Crippen molar-refractivity contribution in [3.8, 4) is 0 Å². The second kappa shape index (κ2) is 6.17. The number of benzene rings is 1. The molecule has 118 valence electrons. The number of ketones is 1. The smallest absolute Gasteiger partial charge is 0.334 e. The van der Waals surface area contributed by atoms with Gasteiger partial charge < -0.3 is 15.1 Å². The predicted octanol–water partition coefficient (Wildman–Crippen LogP) is 1.89. The fourth-order valence-corrected chi connectivity index (χ4v) is 2.92. The molecule has 1 aliphatic heterocycles. The minimum atomic E-state index is -1.22. The summed E-state index contributed by atoms with van der Waals surface area (Å²) in [6, 6.07) is 5.59. The average molecular weight is 305 g/mol. The van der Waals surface area contributed by atoms with Crippen molar-refractivity contribution in [3.63, 3.8) is 0 Å². The van der Waals surface area contributed by atoms with E-state index in [9.17, 15) is 19.5 Å². The number of anilines is 1. The number of Topliss-reactive ketones (excluding diaryl/α,β-unsaturated/α-hetero) is 1. The maximum Gasteiger partial charge on any atom is 0.334 e. The van der Waals surface area contributed by atoms with Gasteiger partial charge in [0.25, 0.3) is 0 Å². The van der Waals surface area contributed by atoms with Crippen LogP contribution in [0.25, 0.3) is 0 Å². The summed E-state index contributed by atoms with van der Waals surface area (Å²) in [5.41, 5.74) is 1.02. The molecule has 22 heavy (non-hydrogen) atoms. The second-order valence-corrected chi connectivity index (χ2v) is 5.85. The molecule has 0 radical (unpaired) electrons. The molecule has 0 aromatic heterocycles. The van der Waals surface area contributed by atoms with Crippen molar-refractivity contribution in [3.05, 3.63) is 29.8 Å². The first-order chi connectivity index (χ1) is 10.3. The largest absolute Gasteiger partial charge is 0.481 e. The third kappa shape index (κ3) is 2.95. The third-order valence-corrected chi connectivity index (χ3v) is 3.96. The first-order valence-corrected chi connectivity index (χ1v) is 7.18. The van der Waals surface area contributed by atoms with Gasteiger partial charge in [0.05, 0.1) is 5.92 Å². The van der Waals surface area contributed by atoms with E-state index < -0.39 is 29.7 Å². The Morgan fingerprint density at radius 2 is 1.86 bits per heavy atom. The van der Waals surface area contributed by atoms with E-state index in [4.69, 9.17) is 5.11 Å². The van der Waals surface area contributed by atoms with Crippen LogP contribution in [0.3, 0.4) is 0 Å². The molecule has 1 aromatic rings. The summed E-state index contributed by atoms with van der Waals surface area (Å²) in [7, 11) is 0. The van der Waals surface area contributed by atoms with Crippen LogP contribution in [0.4, 0.5) is 5.69 Å². The molecule has 1 aromatic carbocycles. The van der Waals surface area contributed by atoms with Crippen LogP contribution in [0.5, 0.6) is 0 Å². The molecular formula is C16H19NO5. The number of carboxylic acids is 2. The molecular weight excluding hydrogens is 286 g/mol. The van der Waals surface area contributed by atoms with Gasteiger partial charge in [-0.1, -0.05) is 26.0 Å². The number of carbonyl (C=O) groups excluding carboxylic acids is 1. The molecule has 0 saturated carbocycles. The Labute approximate surface area is 128 Å². The van der Waals surface area contributed by atoms with E-state index in [0.717, 1.165) is 0 Å². The van der Waals surface area contributed by atoms with E-state index in [1.165, 1.54) is 0 Å². The number of para-hydroxylation sites is 1. The monoisotopic (exact) mass is 305 g/mol. The lowest BCUT2D eigenvalue weighted by Crippen LogP contribution is -2.44. The molecule has 0 spiro atoms. The van der Waals surface area contributed by atoms with Crippen LogP contribution < -0.4 is 4.90 Å².